The first kappa shape index (κ1) is 15.3. The van der Waals surface area contributed by atoms with Gasteiger partial charge in [0.25, 0.3) is 0 Å². The molecule has 2 amide bonds. The lowest BCUT2D eigenvalue weighted by Crippen LogP contribution is -2.47. The number of carboxylic acids is 1. The SMILES string of the molecule is CN(C(=O)NCC1(CC(=O)O)CCC1)c1ccccc1F. The third-order valence-electron chi connectivity index (χ3n) is 4.07. The van der Waals surface area contributed by atoms with Crippen molar-refractivity contribution in [3.8, 4) is 0 Å². The Kier molecular flexibility index (Phi) is 4.45. The zero-order valence-electron chi connectivity index (χ0n) is 11.9. The van der Waals surface area contributed by atoms with Crippen LogP contribution in [0.3, 0.4) is 0 Å². The summed E-state index contributed by atoms with van der Waals surface area (Å²) in [7, 11) is 1.48. The maximum atomic E-state index is 13.6. The maximum Gasteiger partial charge on any atom is 0.321 e. The lowest BCUT2D eigenvalue weighted by Gasteiger charge is -2.41. The van der Waals surface area contributed by atoms with Crippen LogP contribution in [0.1, 0.15) is 25.7 Å². The number of halogens is 1. The molecular formula is C15H19FN2O3. The van der Waals surface area contributed by atoms with Crippen LogP contribution in [0, 0.1) is 11.2 Å². The van der Waals surface area contributed by atoms with Crippen LogP contribution in [0.15, 0.2) is 24.3 Å². The number of benzene rings is 1. The van der Waals surface area contributed by atoms with Gasteiger partial charge in [0.15, 0.2) is 0 Å². The lowest BCUT2D eigenvalue weighted by atomic mass is 9.66. The van der Waals surface area contributed by atoms with Crippen molar-refractivity contribution in [2.24, 2.45) is 5.41 Å². The van der Waals surface area contributed by atoms with E-state index in [1.54, 1.807) is 12.1 Å². The minimum atomic E-state index is -0.855. The van der Waals surface area contributed by atoms with Gasteiger partial charge in [-0.05, 0) is 30.4 Å². The van der Waals surface area contributed by atoms with Crippen LogP contribution in [0.4, 0.5) is 14.9 Å². The number of para-hydroxylation sites is 1. The molecule has 1 fully saturated rings. The predicted molar refractivity (Wildman–Crippen MR) is 76.7 cm³/mol. The summed E-state index contributed by atoms with van der Waals surface area (Å²) in [6.07, 6.45) is 2.62. The second-order valence-electron chi connectivity index (χ2n) is 5.59. The highest BCUT2D eigenvalue weighted by Crippen LogP contribution is 2.43. The summed E-state index contributed by atoms with van der Waals surface area (Å²) >= 11 is 0. The Hall–Kier alpha value is -2.11. The number of hydrogen-bond donors (Lipinski definition) is 2. The number of carboxylic acid groups (broad SMARTS) is 1. The molecule has 1 aliphatic carbocycles. The second-order valence-corrected chi connectivity index (χ2v) is 5.59. The van der Waals surface area contributed by atoms with Crippen molar-refractivity contribution in [1.82, 2.24) is 5.32 Å². The molecule has 0 radical (unpaired) electrons. The van der Waals surface area contributed by atoms with Crippen molar-refractivity contribution in [1.29, 1.82) is 0 Å². The third-order valence-corrected chi connectivity index (χ3v) is 4.07. The van der Waals surface area contributed by atoms with Gasteiger partial charge in [-0.25, -0.2) is 9.18 Å². The Morgan fingerprint density at radius 2 is 2.05 bits per heavy atom. The van der Waals surface area contributed by atoms with E-state index in [4.69, 9.17) is 5.11 Å². The van der Waals surface area contributed by atoms with Gasteiger partial charge in [0.2, 0.25) is 0 Å². The average Bonchev–Trinajstić information content (AvgIpc) is 2.40. The molecule has 0 unspecified atom stereocenters. The van der Waals surface area contributed by atoms with E-state index in [0.29, 0.717) is 6.54 Å². The molecule has 1 saturated carbocycles. The minimum Gasteiger partial charge on any atom is -0.481 e. The molecule has 6 heteroatoms. The van der Waals surface area contributed by atoms with E-state index >= 15 is 0 Å². The van der Waals surface area contributed by atoms with E-state index < -0.39 is 17.8 Å². The van der Waals surface area contributed by atoms with Crippen molar-refractivity contribution in [3.63, 3.8) is 0 Å². The number of anilines is 1. The monoisotopic (exact) mass is 294 g/mol. The Labute approximate surface area is 122 Å². The number of carbonyl (C=O) groups excluding carboxylic acids is 1. The van der Waals surface area contributed by atoms with E-state index in [1.807, 2.05) is 0 Å². The number of carbonyl (C=O) groups is 2. The van der Waals surface area contributed by atoms with Crippen LogP contribution in [0.2, 0.25) is 0 Å². The number of nitrogens with zero attached hydrogens (tertiary/aromatic N) is 1. The van der Waals surface area contributed by atoms with Crippen molar-refractivity contribution >= 4 is 17.7 Å². The molecule has 0 spiro atoms. The molecule has 0 aliphatic heterocycles. The first-order chi connectivity index (χ1) is 9.93. The maximum absolute atomic E-state index is 13.6. The van der Waals surface area contributed by atoms with E-state index in [1.165, 1.54) is 24.1 Å². The summed E-state index contributed by atoms with van der Waals surface area (Å²) in [6.45, 7) is 0.303. The molecule has 0 heterocycles. The van der Waals surface area contributed by atoms with E-state index in [-0.39, 0.29) is 17.5 Å². The quantitative estimate of drug-likeness (QED) is 0.877. The normalized spacial score (nSPS) is 15.9. The minimum absolute atomic E-state index is 0.0523. The first-order valence-electron chi connectivity index (χ1n) is 6.91. The molecule has 21 heavy (non-hydrogen) atoms. The highest BCUT2D eigenvalue weighted by molar-refractivity contribution is 5.91. The molecule has 0 atom stereocenters. The lowest BCUT2D eigenvalue weighted by molar-refractivity contribution is -0.141. The first-order valence-corrected chi connectivity index (χ1v) is 6.91. The number of nitrogens with one attached hydrogen (secondary N) is 1. The van der Waals surface area contributed by atoms with Gasteiger partial charge in [0.05, 0.1) is 12.1 Å². The van der Waals surface area contributed by atoms with Crippen molar-refractivity contribution in [3.05, 3.63) is 30.1 Å². The fourth-order valence-corrected chi connectivity index (χ4v) is 2.63. The molecule has 114 valence electrons. The summed E-state index contributed by atoms with van der Waals surface area (Å²) < 4.78 is 13.6. The number of rotatable bonds is 5. The van der Waals surface area contributed by atoms with Gasteiger partial charge in [-0.15, -0.1) is 0 Å². The zero-order valence-corrected chi connectivity index (χ0v) is 11.9. The van der Waals surface area contributed by atoms with Gasteiger partial charge in [0.1, 0.15) is 5.82 Å². The number of aliphatic carboxylic acids is 1. The second kappa shape index (κ2) is 6.11. The third kappa shape index (κ3) is 3.51. The Balaban J connectivity index is 1.95. The summed E-state index contributed by atoms with van der Waals surface area (Å²) in [5.74, 6) is -1.33. The van der Waals surface area contributed by atoms with Gasteiger partial charge in [-0.1, -0.05) is 18.6 Å². The van der Waals surface area contributed by atoms with Gasteiger partial charge in [-0.2, -0.15) is 0 Å². The highest BCUT2D eigenvalue weighted by Gasteiger charge is 2.39. The molecule has 2 rings (SSSR count). The van der Waals surface area contributed by atoms with Crippen LogP contribution in [-0.2, 0) is 4.79 Å². The highest BCUT2D eigenvalue weighted by atomic mass is 19.1. The largest absolute Gasteiger partial charge is 0.481 e. The molecule has 0 bridgehead atoms. The molecule has 5 nitrogen and oxygen atoms in total. The Bertz CT molecular complexity index is 543. The molecule has 1 aromatic carbocycles. The van der Waals surface area contributed by atoms with Gasteiger partial charge in [0, 0.05) is 13.6 Å². The molecule has 1 aliphatic rings. The van der Waals surface area contributed by atoms with Crippen LogP contribution in [-0.4, -0.2) is 30.7 Å². The molecule has 0 saturated heterocycles. The van der Waals surface area contributed by atoms with Crippen molar-refractivity contribution < 1.29 is 19.1 Å². The smallest absolute Gasteiger partial charge is 0.321 e. The standard InChI is InChI=1S/C15H19FN2O3/c1-18(12-6-3-2-5-11(12)16)14(21)17-10-15(7-4-8-15)9-13(19)20/h2-3,5-6H,4,7-10H2,1H3,(H,17,21)(H,19,20). The van der Waals surface area contributed by atoms with Crippen LogP contribution < -0.4 is 10.2 Å². The summed E-state index contributed by atoms with van der Waals surface area (Å²) in [5.41, 5.74) is -0.159. The molecule has 0 aromatic heterocycles. The fraction of sp³-hybridized carbons (Fsp3) is 0.467. The number of amides is 2. The van der Waals surface area contributed by atoms with Crippen LogP contribution in [0.25, 0.3) is 0 Å². The van der Waals surface area contributed by atoms with Gasteiger partial charge >= 0.3 is 12.0 Å². The molecular weight excluding hydrogens is 275 g/mol. The van der Waals surface area contributed by atoms with Crippen molar-refractivity contribution in [2.45, 2.75) is 25.7 Å². The number of urea groups is 1. The Morgan fingerprint density at radius 3 is 2.57 bits per heavy atom. The Morgan fingerprint density at radius 1 is 1.38 bits per heavy atom. The molecule has 2 N–H and O–H groups in total. The topological polar surface area (TPSA) is 69.6 Å². The fourth-order valence-electron chi connectivity index (χ4n) is 2.63. The van der Waals surface area contributed by atoms with Gasteiger partial charge < -0.3 is 10.4 Å². The van der Waals surface area contributed by atoms with Crippen LogP contribution >= 0.6 is 0 Å². The van der Waals surface area contributed by atoms with E-state index in [2.05, 4.69) is 5.32 Å². The summed E-state index contributed by atoms with van der Waals surface area (Å²) in [5, 5.41) is 11.6. The number of hydrogen-bond acceptors (Lipinski definition) is 2. The molecule has 1 aromatic rings. The van der Waals surface area contributed by atoms with Gasteiger partial charge in [-0.3, -0.25) is 9.69 Å². The van der Waals surface area contributed by atoms with E-state index in [9.17, 15) is 14.0 Å². The van der Waals surface area contributed by atoms with Crippen LogP contribution in [0.5, 0.6) is 0 Å². The predicted octanol–water partition coefficient (Wildman–Crippen LogP) is 2.62. The summed E-state index contributed by atoms with van der Waals surface area (Å²) in [4.78, 5) is 24.1. The summed E-state index contributed by atoms with van der Waals surface area (Å²) in [6, 6.07) is 5.58. The van der Waals surface area contributed by atoms with E-state index in [0.717, 1.165) is 19.3 Å². The zero-order chi connectivity index (χ0) is 15.5. The van der Waals surface area contributed by atoms with Crippen molar-refractivity contribution in [2.75, 3.05) is 18.5 Å². The average molecular weight is 294 g/mol.